The van der Waals surface area contributed by atoms with Crippen LogP contribution in [-0.2, 0) is 10.0 Å². The van der Waals surface area contributed by atoms with E-state index in [9.17, 15) is 17.2 Å². The predicted molar refractivity (Wildman–Crippen MR) is 77.3 cm³/mol. The Kier molecular flexibility index (Phi) is 5.91. The monoisotopic (exact) mass is 419 g/mol. The molecule has 8 heteroatoms. The number of sulfonamides is 1. The summed E-state index contributed by atoms with van der Waals surface area (Å²) < 4.78 is 53.1. The van der Waals surface area contributed by atoms with Crippen molar-refractivity contribution in [1.82, 2.24) is 4.72 Å². The molecule has 0 saturated carbocycles. The van der Waals surface area contributed by atoms with E-state index in [4.69, 9.17) is 0 Å². The van der Waals surface area contributed by atoms with Gasteiger partial charge in [-0.2, -0.15) is 0 Å². The first-order chi connectivity index (χ1) is 8.80. The molecule has 0 spiro atoms. The zero-order valence-electron chi connectivity index (χ0n) is 10.1. The first-order valence-corrected chi connectivity index (χ1v) is 9.14. The SMILES string of the molecule is CCC(CBr)(CBr)NS(=O)(=O)c1ccc(F)cc1F. The Balaban J connectivity index is 3.17. The van der Waals surface area contributed by atoms with Gasteiger partial charge in [-0.05, 0) is 18.6 Å². The summed E-state index contributed by atoms with van der Waals surface area (Å²) >= 11 is 6.48. The topological polar surface area (TPSA) is 46.2 Å². The van der Waals surface area contributed by atoms with E-state index < -0.39 is 32.1 Å². The summed E-state index contributed by atoms with van der Waals surface area (Å²) in [6.07, 6.45) is 0.505. The lowest BCUT2D eigenvalue weighted by atomic mass is 10.0. The zero-order chi connectivity index (χ0) is 14.7. The van der Waals surface area contributed by atoms with Gasteiger partial charge in [-0.3, -0.25) is 0 Å². The molecule has 0 aromatic heterocycles. The summed E-state index contributed by atoms with van der Waals surface area (Å²) in [7, 11) is -4.05. The lowest BCUT2D eigenvalue weighted by molar-refractivity contribution is 0.456. The molecule has 0 saturated heterocycles. The Labute approximate surface area is 128 Å². The molecule has 1 N–H and O–H groups in total. The van der Waals surface area contributed by atoms with Crippen LogP contribution in [0.2, 0.25) is 0 Å². The third-order valence-corrected chi connectivity index (χ3v) is 6.48. The quantitative estimate of drug-likeness (QED) is 0.718. The molecule has 0 aliphatic heterocycles. The minimum absolute atomic E-state index is 0.365. The molecule has 0 unspecified atom stereocenters. The number of hydrogen-bond donors (Lipinski definition) is 1. The van der Waals surface area contributed by atoms with E-state index >= 15 is 0 Å². The fourth-order valence-corrected chi connectivity index (χ4v) is 5.29. The van der Waals surface area contributed by atoms with E-state index in [1.54, 1.807) is 0 Å². The molecule has 0 radical (unpaired) electrons. The van der Waals surface area contributed by atoms with Crippen LogP contribution in [0.3, 0.4) is 0 Å². The number of rotatable bonds is 6. The lowest BCUT2D eigenvalue weighted by Gasteiger charge is -2.29. The summed E-state index contributed by atoms with van der Waals surface area (Å²) in [5.74, 6) is -1.93. The van der Waals surface area contributed by atoms with Crippen molar-refractivity contribution in [2.24, 2.45) is 0 Å². The molecule has 1 aromatic carbocycles. The first-order valence-electron chi connectivity index (χ1n) is 5.41. The average Bonchev–Trinajstić information content (AvgIpc) is 2.35. The van der Waals surface area contributed by atoms with Crippen molar-refractivity contribution >= 4 is 41.9 Å². The van der Waals surface area contributed by atoms with Crippen molar-refractivity contribution in [1.29, 1.82) is 0 Å². The highest BCUT2D eigenvalue weighted by Gasteiger charge is 2.33. The van der Waals surface area contributed by atoms with Gasteiger partial charge in [0.05, 0.1) is 5.54 Å². The number of alkyl halides is 2. The molecule has 0 amide bonds. The van der Waals surface area contributed by atoms with Gasteiger partial charge in [0.2, 0.25) is 10.0 Å². The van der Waals surface area contributed by atoms with Crippen LogP contribution in [0.5, 0.6) is 0 Å². The molecule has 0 atom stereocenters. The highest BCUT2D eigenvalue weighted by atomic mass is 79.9. The zero-order valence-corrected chi connectivity index (χ0v) is 14.1. The van der Waals surface area contributed by atoms with Gasteiger partial charge in [-0.25, -0.2) is 21.9 Å². The molecule has 1 aromatic rings. The second kappa shape index (κ2) is 6.60. The average molecular weight is 421 g/mol. The Morgan fingerprint density at radius 3 is 2.26 bits per heavy atom. The third kappa shape index (κ3) is 3.96. The highest BCUT2D eigenvalue weighted by molar-refractivity contribution is 9.09. The number of nitrogens with one attached hydrogen (secondary N) is 1. The minimum atomic E-state index is -4.05. The van der Waals surface area contributed by atoms with Crippen LogP contribution in [0.1, 0.15) is 13.3 Å². The number of halogens is 4. The summed E-state index contributed by atoms with van der Waals surface area (Å²) in [5, 5.41) is 0.730. The van der Waals surface area contributed by atoms with Crippen molar-refractivity contribution in [2.75, 3.05) is 10.7 Å². The molecule has 0 aliphatic rings. The smallest absolute Gasteiger partial charge is 0.207 e. The standard InChI is InChI=1S/C11H13Br2F2NO2S/c1-2-11(6-12,7-13)16-19(17,18)10-4-3-8(14)5-9(10)15/h3-5,16H,2,6-7H2,1H3. The molecule has 19 heavy (non-hydrogen) atoms. The summed E-state index contributed by atoms with van der Waals surface area (Å²) in [4.78, 5) is -0.561. The molecular weight excluding hydrogens is 408 g/mol. The van der Waals surface area contributed by atoms with Crippen LogP contribution in [0, 0.1) is 11.6 Å². The number of benzene rings is 1. The van der Waals surface area contributed by atoms with Gasteiger partial charge in [0, 0.05) is 16.7 Å². The van der Waals surface area contributed by atoms with E-state index in [2.05, 4.69) is 36.6 Å². The van der Waals surface area contributed by atoms with Gasteiger partial charge in [-0.1, -0.05) is 38.8 Å². The van der Waals surface area contributed by atoms with Crippen LogP contribution in [0.25, 0.3) is 0 Å². The van der Waals surface area contributed by atoms with Crippen molar-refractivity contribution in [3.05, 3.63) is 29.8 Å². The molecular formula is C11H13Br2F2NO2S. The maximum absolute atomic E-state index is 13.6. The second-order valence-corrected chi connectivity index (χ2v) is 6.85. The van der Waals surface area contributed by atoms with Crippen LogP contribution in [0.15, 0.2) is 23.1 Å². The van der Waals surface area contributed by atoms with E-state index in [1.807, 2.05) is 6.92 Å². The highest BCUT2D eigenvalue weighted by Crippen LogP contribution is 2.22. The van der Waals surface area contributed by atoms with Crippen LogP contribution in [-0.4, -0.2) is 24.6 Å². The Morgan fingerprint density at radius 2 is 1.84 bits per heavy atom. The first kappa shape index (κ1) is 17.0. The van der Waals surface area contributed by atoms with Gasteiger partial charge in [0.1, 0.15) is 16.5 Å². The molecule has 0 fully saturated rings. The third-order valence-electron chi connectivity index (χ3n) is 2.72. The Hall–Kier alpha value is -0.0500. The predicted octanol–water partition coefficient (Wildman–Crippen LogP) is 3.18. The van der Waals surface area contributed by atoms with E-state index in [-0.39, 0.29) is 0 Å². The molecule has 3 nitrogen and oxygen atoms in total. The normalized spacial score (nSPS) is 12.7. The lowest BCUT2D eigenvalue weighted by Crippen LogP contribution is -2.51. The summed E-state index contributed by atoms with van der Waals surface area (Å²) in [5.41, 5.74) is -0.764. The van der Waals surface area contributed by atoms with Crippen molar-refractivity contribution < 1.29 is 17.2 Å². The largest absolute Gasteiger partial charge is 0.244 e. The van der Waals surface area contributed by atoms with E-state index in [0.29, 0.717) is 23.1 Å². The molecule has 0 aliphatic carbocycles. The Morgan fingerprint density at radius 1 is 1.26 bits per heavy atom. The number of hydrogen-bond acceptors (Lipinski definition) is 2. The van der Waals surface area contributed by atoms with Crippen molar-refractivity contribution in [2.45, 2.75) is 23.8 Å². The van der Waals surface area contributed by atoms with Crippen molar-refractivity contribution in [3.8, 4) is 0 Å². The van der Waals surface area contributed by atoms with E-state index in [1.165, 1.54) is 0 Å². The minimum Gasteiger partial charge on any atom is -0.207 e. The van der Waals surface area contributed by atoms with Gasteiger partial charge in [-0.15, -0.1) is 0 Å². The maximum atomic E-state index is 13.6. The van der Waals surface area contributed by atoms with Gasteiger partial charge in [0.25, 0.3) is 0 Å². The maximum Gasteiger partial charge on any atom is 0.244 e. The van der Waals surface area contributed by atoms with Gasteiger partial charge >= 0.3 is 0 Å². The Bertz CT molecular complexity index is 539. The summed E-state index contributed by atoms with van der Waals surface area (Å²) in [6.45, 7) is 1.81. The van der Waals surface area contributed by atoms with Crippen LogP contribution < -0.4 is 4.72 Å². The van der Waals surface area contributed by atoms with Gasteiger partial charge < -0.3 is 0 Å². The molecule has 108 valence electrons. The second-order valence-electron chi connectivity index (χ2n) is 4.08. The molecule has 0 bridgehead atoms. The van der Waals surface area contributed by atoms with Crippen LogP contribution in [0.4, 0.5) is 8.78 Å². The fraction of sp³-hybridized carbons (Fsp3) is 0.455. The van der Waals surface area contributed by atoms with Crippen molar-refractivity contribution in [3.63, 3.8) is 0 Å². The summed E-state index contributed by atoms with van der Waals surface area (Å²) in [6, 6.07) is 2.37. The van der Waals surface area contributed by atoms with Gasteiger partial charge in [0.15, 0.2) is 0 Å². The van der Waals surface area contributed by atoms with E-state index in [0.717, 1.165) is 12.1 Å². The van der Waals surface area contributed by atoms with Crippen LogP contribution >= 0.6 is 31.9 Å². The molecule has 1 rings (SSSR count). The fourth-order valence-electron chi connectivity index (χ4n) is 1.38. The molecule has 0 heterocycles.